The monoisotopic (exact) mass is 241 g/mol. The molecule has 0 unspecified atom stereocenters. The van der Waals surface area contributed by atoms with Crippen molar-refractivity contribution in [1.82, 2.24) is 0 Å². The Morgan fingerprint density at radius 1 is 1.00 bits per heavy atom. The minimum absolute atomic E-state index is 0.723. The Bertz CT molecular complexity index is 525. The predicted octanol–water partition coefficient (Wildman–Crippen LogP) is 3.10. The van der Waals surface area contributed by atoms with Crippen molar-refractivity contribution in [3.63, 3.8) is 0 Å². The minimum Gasteiger partial charge on any atom is -0.479 e. The summed E-state index contributed by atoms with van der Waals surface area (Å²) in [6, 6.07) is 18.5. The lowest BCUT2D eigenvalue weighted by atomic mass is 9.92. The normalized spacial score (nSPS) is 13.6. The average Bonchev–Trinajstić information content (AvgIpc) is 2.40. The molecule has 3 nitrogen and oxygen atoms in total. The van der Waals surface area contributed by atoms with Crippen LogP contribution in [0, 0.1) is 0 Å². The van der Waals surface area contributed by atoms with Crippen LogP contribution in [0.4, 0.5) is 5.69 Å². The lowest BCUT2D eigenvalue weighted by molar-refractivity contribution is -0.142. The summed E-state index contributed by atoms with van der Waals surface area (Å²) in [5, 5.41) is 12.6. The fraction of sp³-hybridized carbons (Fsp3) is 0.133. The molecule has 2 N–H and O–H groups in total. The first-order chi connectivity index (χ1) is 8.63. The van der Waals surface area contributed by atoms with E-state index in [2.05, 4.69) is 5.32 Å². The molecule has 0 aliphatic carbocycles. The first-order valence-corrected chi connectivity index (χ1v) is 5.75. The second-order valence-corrected chi connectivity index (χ2v) is 4.29. The number of nitrogens with one attached hydrogen (secondary N) is 1. The maximum atomic E-state index is 11.6. The minimum atomic E-state index is -1.14. The zero-order valence-electron chi connectivity index (χ0n) is 10.1. The Hall–Kier alpha value is -2.29. The van der Waals surface area contributed by atoms with E-state index in [1.807, 2.05) is 60.7 Å². The Morgan fingerprint density at radius 2 is 1.50 bits per heavy atom. The summed E-state index contributed by atoms with van der Waals surface area (Å²) in [5.41, 5.74) is 0.371. The third-order valence-corrected chi connectivity index (χ3v) is 2.95. The molecule has 0 fully saturated rings. The summed E-state index contributed by atoms with van der Waals surface area (Å²) in [4.78, 5) is 11.6. The highest BCUT2D eigenvalue weighted by molar-refractivity contribution is 5.84. The second-order valence-electron chi connectivity index (χ2n) is 4.29. The van der Waals surface area contributed by atoms with Crippen molar-refractivity contribution in [3.8, 4) is 0 Å². The van der Waals surface area contributed by atoms with E-state index in [1.165, 1.54) is 0 Å². The molecule has 2 rings (SSSR count). The second kappa shape index (κ2) is 4.92. The van der Waals surface area contributed by atoms with E-state index in [-0.39, 0.29) is 0 Å². The summed E-state index contributed by atoms with van der Waals surface area (Å²) in [5.74, 6) is -0.905. The fourth-order valence-corrected chi connectivity index (χ4v) is 1.83. The van der Waals surface area contributed by atoms with Crippen LogP contribution < -0.4 is 5.32 Å². The molecule has 0 radical (unpaired) electrons. The third kappa shape index (κ3) is 2.35. The van der Waals surface area contributed by atoms with Crippen LogP contribution in [0.15, 0.2) is 60.7 Å². The SMILES string of the molecule is C[C@@](Nc1ccccc1)(C(=O)O)c1ccccc1. The number of carboxylic acids is 1. The molecular formula is C15H15NO2. The molecule has 0 saturated carbocycles. The van der Waals surface area contributed by atoms with E-state index in [0.29, 0.717) is 0 Å². The molecule has 2 aromatic rings. The van der Waals surface area contributed by atoms with E-state index in [9.17, 15) is 9.90 Å². The van der Waals surface area contributed by atoms with Crippen molar-refractivity contribution in [3.05, 3.63) is 66.2 Å². The Labute approximate surface area is 106 Å². The van der Waals surface area contributed by atoms with Crippen molar-refractivity contribution >= 4 is 11.7 Å². The Morgan fingerprint density at radius 3 is 2.00 bits per heavy atom. The van der Waals surface area contributed by atoms with Gasteiger partial charge in [-0.25, -0.2) is 4.79 Å². The summed E-state index contributed by atoms with van der Waals surface area (Å²) in [7, 11) is 0. The highest BCUT2D eigenvalue weighted by Crippen LogP contribution is 2.26. The number of hydrogen-bond donors (Lipinski definition) is 2. The van der Waals surface area contributed by atoms with Gasteiger partial charge in [-0.15, -0.1) is 0 Å². The molecule has 0 aliphatic heterocycles. The molecule has 0 spiro atoms. The van der Waals surface area contributed by atoms with E-state index >= 15 is 0 Å². The van der Waals surface area contributed by atoms with Crippen molar-refractivity contribution in [1.29, 1.82) is 0 Å². The average molecular weight is 241 g/mol. The summed E-state index contributed by atoms with van der Waals surface area (Å²) in [6.45, 7) is 1.66. The smallest absolute Gasteiger partial charge is 0.333 e. The van der Waals surface area contributed by atoms with Gasteiger partial charge in [0.25, 0.3) is 0 Å². The van der Waals surface area contributed by atoms with E-state index < -0.39 is 11.5 Å². The molecule has 3 heteroatoms. The Kier molecular flexibility index (Phi) is 3.33. The van der Waals surface area contributed by atoms with Crippen molar-refractivity contribution in [2.24, 2.45) is 0 Å². The predicted molar refractivity (Wildman–Crippen MR) is 71.5 cm³/mol. The van der Waals surface area contributed by atoms with E-state index in [0.717, 1.165) is 11.3 Å². The molecule has 0 saturated heterocycles. The molecule has 2 aromatic carbocycles. The van der Waals surface area contributed by atoms with Crippen LogP contribution >= 0.6 is 0 Å². The largest absolute Gasteiger partial charge is 0.479 e. The number of aliphatic carboxylic acids is 1. The molecule has 0 amide bonds. The van der Waals surface area contributed by atoms with Gasteiger partial charge in [0.2, 0.25) is 0 Å². The van der Waals surface area contributed by atoms with E-state index in [1.54, 1.807) is 6.92 Å². The van der Waals surface area contributed by atoms with E-state index in [4.69, 9.17) is 0 Å². The van der Waals surface area contributed by atoms with Crippen LogP contribution in [0.3, 0.4) is 0 Å². The van der Waals surface area contributed by atoms with Gasteiger partial charge in [0.1, 0.15) is 0 Å². The van der Waals surface area contributed by atoms with Crippen LogP contribution in [-0.2, 0) is 10.3 Å². The maximum absolute atomic E-state index is 11.6. The topological polar surface area (TPSA) is 49.3 Å². The molecule has 0 heterocycles. The van der Waals surface area contributed by atoms with Gasteiger partial charge >= 0.3 is 5.97 Å². The number of rotatable bonds is 4. The van der Waals surface area contributed by atoms with Crippen LogP contribution in [0.1, 0.15) is 12.5 Å². The lowest BCUT2D eigenvalue weighted by Crippen LogP contribution is -2.40. The number of anilines is 1. The molecule has 0 bridgehead atoms. The highest BCUT2D eigenvalue weighted by Gasteiger charge is 2.34. The Balaban J connectivity index is 2.37. The van der Waals surface area contributed by atoms with Gasteiger partial charge < -0.3 is 10.4 Å². The number of benzene rings is 2. The third-order valence-electron chi connectivity index (χ3n) is 2.95. The van der Waals surface area contributed by atoms with Crippen molar-refractivity contribution < 1.29 is 9.90 Å². The molecular weight excluding hydrogens is 226 g/mol. The van der Waals surface area contributed by atoms with Gasteiger partial charge in [-0.05, 0) is 24.6 Å². The zero-order valence-corrected chi connectivity index (χ0v) is 10.1. The van der Waals surface area contributed by atoms with Crippen LogP contribution in [0.25, 0.3) is 0 Å². The molecule has 1 atom stereocenters. The van der Waals surface area contributed by atoms with Gasteiger partial charge in [0.05, 0.1) is 0 Å². The maximum Gasteiger partial charge on any atom is 0.333 e. The van der Waals surface area contributed by atoms with Crippen molar-refractivity contribution in [2.75, 3.05) is 5.32 Å². The number of carboxylic acid groups (broad SMARTS) is 1. The molecule has 92 valence electrons. The van der Waals surface area contributed by atoms with Crippen LogP contribution in [0.5, 0.6) is 0 Å². The quantitative estimate of drug-likeness (QED) is 0.864. The van der Waals surface area contributed by atoms with Crippen LogP contribution in [-0.4, -0.2) is 11.1 Å². The van der Waals surface area contributed by atoms with Gasteiger partial charge in [-0.2, -0.15) is 0 Å². The van der Waals surface area contributed by atoms with Gasteiger partial charge in [0, 0.05) is 5.69 Å². The van der Waals surface area contributed by atoms with Gasteiger partial charge in [0.15, 0.2) is 5.54 Å². The summed E-state index contributed by atoms with van der Waals surface area (Å²) in [6.07, 6.45) is 0. The number of para-hydroxylation sites is 1. The first kappa shape index (κ1) is 12.2. The lowest BCUT2D eigenvalue weighted by Gasteiger charge is -2.28. The zero-order chi connectivity index (χ0) is 13.0. The van der Waals surface area contributed by atoms with Crippen molar-refractivity contribution in [2.45, 2.75) is 12.5 Å². The molecule has 0 aliphatic rings. The summed E-state index contributed by atoms with van der Waals surface area (Å²) >= 11 is 0. The molecule has 18 heavy (non-hydrogen) atoms. The highest BCUT2D eigenvalue weighted by atomic mass is 16.4. The number of carbonyl (C=O) groups is 1. The standard InChI is InChI=1S/C15H15NO2/c1-15(14(17)18,12-8-4-2-5-9-12)16-13-10-6-3-7-11-13/h2-11,16H,1H3,(H,17,18)/t15-/m0/s1. The summed E-state index contributed by atoms with van der Waals surface area (Å²) < 4.78 is 0. The fourth-order valence-electron chi connectivity index (χ4n) is 1.83. The van der Waals surface area contributed by atoms with Gasteiger partial charge in [-0.1, -0.05) is 48.5 Å². The number of hydrogen-bond acceptors (Lipinski definition) is 2. The molecule has 0 aromatic heterocycles. The van der Waals surface area contributed by atoms with Crippen LogP contribution in [0.2, 0.25) is 0 Å². The first-order valence-electron chi connectivity index (χ1n) is 5.75. The van der Waals surface area contributed by atoms with Gasteiger partial charge in [-0.3, -0.25) is 0 Å².